The van der Waals surface area contributed by atoms with Crippen molar-refractivity contribution in [2.24, 2.45) is 0 Å². The first-order chi connectivity index (χ1) is 13.7. The maximum atomic E-state index is 6.14. The molecule has 0 saturated carbocycles. The highest BCUT2D eigenvalue weighted by Gasteiger charge is 2.09. The van der Waals surface area contributed by atoms with Crippen molar-refractivity contribution in [2.45, 2.75) is 25.3 Å². The van der Waals surface area contributed by atoms with Crippen LogP contribution in [0.4, 0.5) is 0 Å². The van der Waals surface area contributed by atoms with Crippen LogP contribution in [0.15, 0.2) is 47.5 Å². The van der Waals surface area contributed by atoms with Crippen LogP contribution in [0.3, 0.4) is 0 Å². The van der Waals surface area contributed by atoms with E-state index in [4.69, 9.17) is 14.2 Å². The second kappa shape index (κ2) is 10.4. The molecule has 148 valence electrons. The summed E-state index contributed by atoms with van der Waals surface area (Å²) in [6, 6.07) is 12.1. The van der Waals surface area contributed by atoms with E-state index in [2.05, 4.69) is 16.9 Å². The van der Waals surface area contributed by atoms with Gasteiger partial charge in [0.15, 0.2) is 0 Å². The zero-order valence-corrected chi connectivity index (χ0v) is 17.4. The van der Waals surface area contributed by atoms with Crippen molar-refractivity contribution in [3.63, 3.8) is 0 Å². The van der Waals surface area contributed by atoms with Gasteiger partial charge in [0.2, 0.25) is 0 Å². The summed E-state index contributed by atoms with van der Waals surface area (Å²) < 4.78 is 16.7. The maximum Gasteiger partial charge on any atom is 0.131 e. The molecule has 0 N–H and O–H groups in total. The Hall–Kier alpha value is -2.15. The van der Waals surface area contributed by atoms with Crippen LogP contribution in [0.5, 0.6) is 5.75 Å². The van der Waals surface area contributed by atoms with Crippen LogP contribution in [0.25, 0.3) is 10.9 Å². The summed E-state index contributed by atoms with van der Waals surface area (Å²) in [5, 5.41) is 1.02. The van der Waals surface area contributed by atoms with E-state index in [0.717, 1.165) is 39.4 Å². The Labute approximate surface area is 170 Å². The van der Waals surface area contributed by atoms with Gasteiger partial charge in [0, 0.05) is 41.1 Å². The molecule has 0 amide bonds. The minimum atomic E-state index is 0.429. The number of methoxy groups -OCH3 is 1. The molecule has 0 fully saturated rings. The van der Waals surface area contributed by atoms with E-state index in [9.17, 15) is 0 Å². The summed E-state index contributed by atoms with van der Waals surface area (Å²) in [4.78, 5) is 10.3. The number of thioether (sulfide) groups is 1. The van der Waals surface area contributed by atoms with Crippen molar-refractivity contribution in [3.05, 3.63) is 59.5 Å². The van der Waals surface area contributed by atoms with Gasteiger partial charge in [0.1, 0.15) is 12.4 Å². The number of pyridine rings is 2. The van der Waals surface area contributed by atoms with Gasteiger partial charge in [-0.1, -0.05) is 12.1 Å². The molecule has 0 unspecified atom stereocenters. The molecule has 3 aromatic rings. The number of nitrogens with zero attached hydrogens (tertiary/aromatic N) is 2. The van der Waals surface area contributed by atoms with Crippen molar-refractivity contribution in [1.29, 1.82) is 0 Å². The Morgan fingerprint density at radius 1 is 1.04 bits per heavy atom. The molecule has 0 bridgehead atoms. The van der Waals surface area contributed by atoms with Gasteiger partial charge in [0.05, 0.1) is 31.0 Å². The number of aryl methyl sites for hydroxylation is 1. The third-order valence-corrected chi connectivity index (χ3v) is 5.47. The molecule has 2 heterocycles. The van der Waals surface area contributed by atoms with Crippen LogP contribution in [-0.2, 0) is 16.1 Å². The Bertz CT molecular complexity index is 917. The number of para-hydroxylation sites is 1. The molecule has 3 rings (SSSR count). The van der Waals surface area contributed by atoms with Gasteiger partial charge in [0.25, 0.3) is 0 Å². The van der Waals surface area contributed by atoms with Gasteiger partial charge < -0.3 is 14.2 Å². The molecular weight excluding hydrogens is 372 g/mol. The lowest BCUT2D eigenvalue weighted by atomic mass is 10.2. The molecule has 0 spiro atoms. The third kappa shape index (κ3) is 5.44. The van der Waals surface area contributed by atoms with E-state index in [-0.39, 0.29) is 0 Å². The zero-order chi connectivity index (χ0) is 19.8. The quantitative estimate of drug-likeness (QED) is 0.368. The SMILES string of the molecule is COCCOCCSc1ccnc(COc2cc(C)nc3ccccc23)c1C. The van der Waals surface area contributed by atoms with Gasteiger partial charge in [-0.15, -0.1) is 11.8 Å². The summed E-state index contributed by atoms with van der Waals surface area (Å²) in [6.45, 7) is 6.46. The number of aromatic nitrogens is 2. The zero-order valence-electron chi connectivity index (χ0n) is 16.6. The predicted octanol–water partition coefficient (Wildman–Crippen LogP) is 4.58. The topological polar surface area (TPSA) is 53.5 Å². The monoisotopic (exact) mass is 398 g/mol. The van der Waals surface area contributed by atoms with E-state index in [1.54, 1.807) is 18.9 Å². The van der Waals surface area contributed by atoms with Crippen molar-refractivity contribution in [3.8, 4) is 5.75 Å². The van der Waals surface area contributed by atoms with E-state index >= 15 is 0 Å². The average Bonchev–Trinajstić information content (AvgIpc) is 2.70. The fourth-order valence-electron chi connectivity index (χ4n) is 2.85. The summed E-state index contributed by atoms with van der Waals surface area (Å²) in [7, 11) is 1.68. The molecule has 0 atom stereocenters. The van der Waals surface area contributed by atoms with Crippen LogP contribution in [-0.4, -0.2) is 42.7 Å². The molecule has 0 saturated heterocycles. The summed E-state index contributed by atoms with van der Waals surface area (Å²) >= 11 is 1.77. The maximum absolute atomic E-state index is 6.14. The normalized spacial score (nSPS) is 11.1. The minimum absolute atomic E-state index is 0.429. The van der Waals surface area contributed by atoms with Gasteiger partial charge in [-0.25, -0.2) is 0 Å². The lowest BCUT2D eigenvalue weighted by Gasteiger charge is -2.13. The molecule has 0 aliphatic carbocycles. The Kier molecular flexibility index (Phi) is 7.65. The summed E-state index contributed by atoms with van der Waals surface area (Å²) in [5.74, 6) is 1.73. The van der Waals surface area contributed by atoms with Crippen LogP contribution in [0.1, 0.15) is 17.0 Å². The number of fused-ring (bicyclic) bond motifs is 1. The smallest absolute Gasteiger partial charge is 0.131 e. The number of rotatable bonds is 10. The first-order valence-electron chi connectivity index (χ1n) is 9.32. The van der Waals surface area contributed by atoms with E-state index in [1.807, 2.05) is 49.5 Å². The average molecular weight is 399 g/mol. The fourth-order valence-corrected chi connectivity index (χ4v) is 3.76. The second-order valence-electron chi connectivity index (χ2n) is 6.40. The highest BCUT2D eigenvalue weighted by atomic mass is 32.2. The highest BCUT2D eigenvalue weighted by molar-refractivity contribution is 7.99. The number of hydrogen-bond acceptors (Lipinski definition) is 6. The van der Waals surface area contributed by atoms with Gasteiger partial charge in [-0.3, -0.25) is 9.97 Å². The lowest BCUT2D eigenvalue weighted by Crippen LogP contribution is -2.05. The van der Waals surface area contributed by atoms with E-state index in [1.165, 1.54) is 4.90 Å². The minimum Gasteiger partial charge on any atom is -0.487 e. The molecular formula is C22H26N2O3S. The molecule has 28 heavy (non-hydrogen) atoms. The molecule has 1 aromatic carbocycles. The van der Waals surface area contributed by atoms with E-state index in [0.29, 0.717) is 26.4 Å². The Morgan fingerprint density at radius 3 is 2.75 bits per heavy atom. The first kappa shape index (κ1) is 20.6. The van der Waals surface area contributed by atoms with Crippen LogP contribution in [0, 0.1) is 13.8 Å². The van der Waals surface area contributed by atoms with Crippen molar-refractivity contribution in [1.82, 2.24) is 9.97 Å². The summed E-state index contributed by atoms with van der Waals surface area (Å²) in [6.07, 6.45) is 1.84. The fraction of sp³-hybridized carbons (Fsp3) is 0.364. The number of benzene rings is 1. The van der Waals surface area contributed by atoms with E-state index < -0.39 is 0 Å². The lowest BCUT2D eigenvalue weighted by molar-refractivity contribution is 0.0790. The predicted molar refractivity (Wildman–Crippen MR) is 113 cm³/mol. The van der Waals surface area contributed by atoms with Crippen molar-refractivity contribution < 1.29 is 14.2 Å². The van der Waals surface area contributed by atoms with Crippen molar-refractivity contribution >= 4 is 22.7 Å². The summed E-state index contributed by atoms with van der Waals surface area (Å²) in [5.41, 5.74) is 3.99. The molecule has 0 radical (unpaired) electrons. The Balaban J connectivity index is 1.64. The Morgan fingerprint density at radius 2 is 1.89 bits per heavy atom. The molecule has 6 heteroatoms. The molecule has 5 nitrogen and oxygen atoms in total. The van der Waals surface area contributed by atoms with Gasteiger partial charge in [-0.2, -0.15) is 0 Å². The molecule has 2 aromatic heterocycles. The molecule has 0 aliphatic rings. The largest absolute Gasteiger partial charge is 0.487 e. The van der Waals surface area contributed by atoms with Crippen LogP contribution < -0.4 is 4.74 Å². The third-order valence-electron chi connectivity index (χ3n) is 4.35. The number of ether oxygens (including phenoxy) is 3. The first-order valence-corrected chi connectivity index (χ1v) is 10.3. The van der Waals surface area contributed by atoms with Crippen LogP contribution in [0.2, 0.25) is 0 Å². The highest BCUT2D eigenvalue weighted by Crippen LogP contribution is 2.28. The second-order valence-corrected chi connectivity index (χ2v) is 7.54. The number of hydrogen-bond donors (Lipinski definition) is 0. The molecule has 0 aliphatic heterocycles. The van der Waals surface area contributed by atoms with Crippen LogP contribution >= 0.6 is 11.8 Å². The van der Waals surface area contributed by atoms with Gasteiger partial charge >= 0.3 is 0 Å². The standard InChI is InChI=1S/C22H26N2O3S/c1-16-14-21(18-6-4-5-7-19(18)24-16)27-15-20-17(2)22(8-9-23-20)28-13-12-26-11-10-25-3/h4-9,14H,10-13,15H2,1-3H3. The van der Waals surface area contributed by atoms with Crippen molar-refractivity contribution in [2.75, 3.05) is 32.7 Å². The van der Waals surface area contributed by atoms with Gasteiger partial charge in [-0.05, 0) is 37.6 Å².